The number of hydrogen-bond acceptors (Lipinski definition) is 5. The number of benzene rings is 1. The van der Waals surface area contributed by atoms with Crippen LogP contribution in [0, 0.1) is 0 Å². The van der Waals surface area contributed by atoms with Gasteiger partial charge in [0.25, 0.3) is 0 Å². The number of sulfonamides is 1. The van der Waals surface area contributed by atoms with Gasteiger partial charge in [0.15, 0.2) is 0 Å². The molecule has 118 valence electrons. The molecule has 2 rings (SSSR count). The maximum atomic E-state index is 12.2. The topological polar surface area (TPSA) is 92.3 Å². The number of anilines is 1. The van der Waals surface area contributed by atoms with Gasteiger partial charge in [-0.2, -0.15) is 0 Å². The van der Waals surface area contributed by atoms with Crippen LogP contribution in [0.3, 0.4) is 0 Å². The van der Waals surface area contributed by atoms with Gasteiger partial charge in [0, 0.05) is 18.3 Å². The maximum Gasteiger partial charge on any atom is 0.240 e. The van der Waals surface area contributed by atoms with E-state index in [1.165, 1.54) is 0 Å². The summed E-state index contributed by atoms with van der Waals surface area (Å²) in [6, 6.07) is 6.19. The van der Waals surface area contributed by atoms with Crippen molar-refractivity contribution >= 4 is 25.5 Å². The zero-order valence-electron chi connectivity index (χ0n) is 11.9. The van der Waals surface area contributed by atoms with Gasteiger partial charge in [-0.15, -0.1) is 0 Å². The summed E-state index contributed by atoms with van der Waals surface area (Å²) in [7, 11) is -6.59. The molecule has 0 atom stereocenters. The van der Waals surface area contributed by atoms with E-state index in [1.54, 1.807) is 24.3 Å². The molecule has 6 nitrogen and oxygen atoms in total. The molecule has 0 saturated carbocycles. The highest BCUT2D eigenvalue weighted by Gasteiger charge is 2.27. The fraction of sp³-hybridized carbons (Fsp3) is 0.538. The standard InChI is InChI=1S/C13H20N2O4S2/c1-2-14-11-3-5-13(6-4-11)21(18,19)15-12-7-9-20(16,17)10-8-12/h3-6,12,14-15H,2,7-10H2,1H3. The lowest BCUT2D eigenvalue weighted by atomic mass is 10.2. The van der Waals surface area contributed by atoms with E-state index in [1.807, 2.05) is 6.92 Å². The molecule has 1 aromatic rings. The van der Waals surface area contributed by atoms with Crippen molar-refractivity contribution in [3.63, 3.8) is 0 Å². The van der Waals surface area contributed by atoms with E-state index in [2.05, 4.69) is 10.0 Å². The Morgan fingerprint density at radius 3 is 2.24 bits per heavy atom. The lowest BCUT2D eigenvalue weighted by Gasteiger charge is -2.22. The Morgan fingerprint density at radius 1 is 1.14 bits per heavy atom. The normalized spacial score (nSPS) is 19.3. The molecule has 0 aliphatic carbocycles. The predicted molar refractivity (Wildman–Crippen MR) is 82.6 cm³/mol. The van der Waals surface area contributed by atoms with E-state index in [-0.39, 0.29) is 22.4 Å². The largest absolute Gasteiger partial charge is 0.385 e. The number of rotatable bonds is 5. The van der Waals surface area contributed by atoms with Crippen molar-refractivity contribution in [2.24, 2.45) is 0 Å². The third-order valence-corrected chi connectivity index (χ3v) is 6.67. The van der Waals surface area contributed by atoms with E-state index >= 15 is 0 Å². The van der Waals surface area contributed by atoms with E-state index in [0.29, 0.717) is 12.8 Å². The van der Waals surface area contributed by atoms with Crippen LogP contribution >= 0.6 is 0 Å². The molecular weight excluding hydrogens is 312 g/mol. The molecular formula is C13H20N2O4S2. The lowest BCUT2D eigenvalue weighted by molar-refractivity contribution is 0.505. The number of sulfone groups is 1. The minimum Gasteiger partial charge on any atom is -0.385 e. The van der Waals surface area contributed by atoms with Gasteiger partial charge in [0.1, 0.15) is 9.84 Å². The Bertz CT molecular complexity index is 667. The van der Waals surface area contributed by atoms with Crippen molar-refractivity contribution in [1.29, 1.82) is 0 Å². The van der Waals surface area contributed by atoms with Crippen molar-refractivity contribution in [3.8, 4) is 0 Å². The molecule has 0 radical (unpaired) electrons. The molecule has 21 heavy (non-hydrogen) atoms. The zero-order valence-corrected chi connectivity index (χ0v) is 13.5. The second kappa shape index (κ2) is 6.33. The average molecular weight is 332 g/mol. The van der Waals surface area contributed by atoms with Crippen LogP contribution in [0.25, 0.3) is 0 Å². The highest BCUT2D eigenvalue weighted by atomic mass is 32.2. The second-order valence-corrected chi connectivity index (χ2v) is 9.12. The van der Waals surface area contributed by atoms with Crippen molar-refractivity contribution in [3.05, 3.63) is 24.3 Å². The summed E-state index contributed by atoms with van der Waals surface area (Å²) < 4.78 is 49.8. The van der Waals surface area contributed by atoms with Crippen molar-refractivity contribution in [2.45, 2.75) is 30.7 Å². The van der Waals surface area contributed by atoms with Gasteiger partial charge in [0.2, 0.25) is 10.0 Å². The Balaban J connectivity index is 2.05. The van der Waals surface area contributed by atoms with Crippen molar-refractivity contribution < 1.29 is 16.8 Å². The molecule has 0 unspecified atom stereocenters. The smallest absolute Gasteiger partial charge is 0.240 e. The van der Waals surface area contributed by atoms with Gasteiger partial charge in [-0.3, -0.25) is 0 Å². The molecule has 0 aromatic heterocycles. The quantitative estimate of drug-likeness (QED) is 0.838. The van der Waals surface area contributed by atoms with E-state index in [9.17, 15) is 16.8 Å². The zero-order chi connectivity index (χ0) is 15.5. The fourth-order valence-electron chi connectivity index (χ4n) is 2.25. The first-order chi connectivity index (χ1) is 9.82. The first-order valence-electron chi connectivity index (χ1n) is 6.89. The monoisotopic (exact) mass is 332 g/mol. The second-order valence-electron chi connectivity index (χ2n) is 5.10. The Morgan fingerprint density at radius 2 is 1.71 bits per heavy atom. The summed E-state index contributed by atoms with van der Waals surface area (Å²) in [5, 5.41) is 3.09. The minimum atomic E-state index is -3.60. The van der Waals surface area contributed by atoms with Gasteiger partial charge in [0.05, 0.1) is 16.4 Å². The molecule has 1 aromatic carbocycles. The lowest BCUT2D eigenvalue weighted by Crippen LogP contribution is -2.40. The third kappa shape index (κ3) is 4.42. The highest BCUT2D eigenvalue weighted by Crippen LogP contribution is 2.18. The Kier molecular flexibility index (Phi) is 4.90. The summed E-state index contributed by atoms with van der Waals surface area (Å²) in [5.41, 5.74) is 0.861. The van der Waals surface area contributed by atoms with Gasteiger partial charge < -0.3 is 5.32 Å². The van der Waals surface area contributed by atoms with Crippen molar-refractivity contribution in [1.82, 2.24) is 4.72 Å². The molecule has 1 aliphatic rings. The van der Waals surface area contributed by atoms with Crippen LogP contribution in [0.1, 0.15) is 19.8 Å². The summed E-state index contributed by atoms with van der Waals surface area (Å²) in [4.78, 5) is 0.192. The molecule has 0 bridgehead atoms. The number of hydrogen-bond donors (Lipinski definition) is 2. The molecule has 1 aliphatic heterocycles. The van der Waals surface area contributed by atoms with Gasteiger partial charge in [-0.25, -0.2) is 21.6 Å². The van der Waals surface area contributed by atoms with Crippen LogP contribution in [-0.2, 0) is 19.9 Å². The first kappa shape index (κ1) is 16.3. The van der Waals surface area contributed by atoms with E-state index in [0.717, 1.165) is 12.2 Å². The molecule has 1 heterocycles. The summed E-state index contributed by atoms with van der Waals surface area (Å²) in [5.74, 6) is 0.0824. The number of nitrogens with one attached hydrogen (secondary N) is 2. The minimum absolute atomic E-state index is 0.0412. The van der Waals surface area contributed by atoms with E-state index < -0.39 is 19.9 Å². The highest BCUT2D eigenvalue weighted by molar-refractivity contribution is 7.91. The van der Waals surface area contributed by atoms with E-state index in [4.69, 9.17) is 0 Å². The van der Waals surface area contributed by atoms with Crippen LogP contribution in [0.4, 0.5) is 5.69 Å². The van der Waals surface area contributed by atoms with Crippen LogP contribution < -0.4 is 10.0 Å². The molecule has 8 heteroatoms. The van der Waals surface area contributed by atoms with Crippen LogP contribution in [0.5, 0.6) is 0 Å². The van der Waals surface area contributed by atoms with Crippen LogP contribution in [-0.4, -0.2) is 40.9 Å². The van der Waals surface area contributed by atoms with Gasteiger partial charge >= 0.3 is 0 Å². The fourth-order valence-corrected chi connectivity index (χ4v) is 5.05. The first-order valence-corrected chi connectivity index (χ1v) is 10.2. The maximum absolute atomic E-state index is 12.2. The summed E-state index contributed by atoms with van der Waals surface area (Å²) in [6.45, 7) is 2.73. The molecule has 0 spiro atoms. The van der Waals surface area contributed by atoms with Crippen LogP contribution in [0.15, 0.2) is 29.2 Å². The summed E-state index contributed by atoms with van der Waals surface area (Å²) in [6.07, 6.45) is 0.661. The predicted octanol–water partition coefficient (Wildman–Crippen LogP) is 0.974. The average Bonchev–Trinajstić information content (AvgIpc) is 2.42. The summed E-state index contributed by atoms with van der Waals surface area (Å²) >= 11 is 0. The SMILES string of the molecule is CCNc1ccc(S(=O)(=O)NC2CCS(=O)(=O)CC2)cc1. The van der Waals surface area contributed by atoms with Crippen LogP contribution in [0.2, 0.25) is 0 Å². The third-order valence-electron chi connectivity index (χ3n) is 3.42. The molecule has 1 fully saturated rings. The molecule has 0 amide bonds. The molecule has 1 saturated heterocycles. The van der Waals surface area contributed by atoms with Crippen molar-refractivity contribution in [2.75, 3.05) is 23.4 Å². The van der Waals surface area contributed by atoms with Gasteiger partial charge in [-0.1, -0.05) is 0 Å². The Hall–Kier alpha value is -1.12. The van der Waals surface area contributed by atoms with Gasteiger partial charge in [-0.05, 0) is 44.0 Å². The molecule has 2 N–H and O–H groups in total. The Labute approximate surface area is 125 Å².